The zero-order chi connectivity index (χ0) is 16.2. The average Bonchev–Trinajstić information content (AvgIpc) is 3.02. The lowest BCUT2D eigenvalue weighted by Gasteiger charge is -2.19. The van der Waals surface area contributed by atoms with E-state index in [4.69, 9.17) is 0 Å². The van der Waals surface area contributed by atoms with Gasteiger partial charge in [-0.05, 0) is 35.2 Å². The van der Waals surface area contributed by atoms with Gasteiger partial charge >= 0.3 is 0 Å². The minimum atomic E-state index is 0.889. The SMILES string of the molecule is c1ccc(Nc2cc3c(cn2)NCCN(Cc2cccs2)C3)cc1. The molecule has 122 valence electrons. The highest BCUT2D eigenvalue weighted by atomic mass is 32.1. The molecule has 0 radical (unpaired) electrons. The summed E-state index contributed by atoms with van der Waals surface area (Å²) in [5.41, 5.74) is 3.49. The van der Waals surface area contributed by atoms with Gasteiger partial charge in [-0.3, -0.25) is 4.90 Å². The van der Waals surface area contributed by atoms with Crippen LogP contribution in [0.5, 0.6) is 0 Å². The number of aromatic nitrogens is 1. The van der Waals surface area contributed by atoms with E-state index in [1.165, 1.54) is 10.4 Å². The average molecular weight is 336 g/mol. The van der Waals surface area contributed by atoms with E-state index in [0.29, 0.717) is 0 Å². The smallest absolute Gasteiger partial charge is 0.130 e. The van der Waals surface area contributed by atoms with Crippen molar-refractivity contribution < 1.29 is 0 Å². The number of nitrogens with one attached hydrogen (secondary N) is 2. The van der Waals surface area contributed by atoms with E-state index in [1.54, 1.807) is 0 Å². The van der Waals surface area contributed by atoms with Crippen molar-refractivity contribution in [2.45, 2.75) is 13.1 Å². The van der Waals surface area contributed by atoms with E-state index in [9.17, 15) is 0 Å². The molecule has 3 heterocycles. The lowest BCUT2D eigenvalue weighted by atomic mass is 10.2. The predicted molar refractivity (Wildman–Crippen MR) is 101 cm³/mol. The molecule has 1 aromatic carbocycles. The Morgan fingerprint density at radius 2 is 2.08 bits per heavy atom. The second kappa shape index (κ2) is 7.03. The molecule has 0 aliphatic carbocycles. The second-order valence-electron chi connectivity index (χ2n) is 5.93. The van der Waals surface area contributed by atoms with Crippen molar-refractivity contribution in [1.29, 1.82) is 0 Å². The van der Waals surface area contributed by atoms with Crippen LogP contribution in [0.3, 0.4) is 0 Å². The number of para-hydroxylation sites is 1. The molecular formula is C19H20N4S. The van der Waals surface area contributed by atoms with Crippen molar-refractivity contribution in [3.05, 3.63) is 70.5 Å². The fourth-order valence-electron chi connectivity index (χ4n) is 2.95. The van der Waals surface area contributed by atoms with Gasteiger partial charge in [-0.25, -0.2) is 4.98 Å². The van der Waals surface area contributed by atoms with Gasteiger partial charge < -0.3 is 10.6 Å². The molecule has 1 aliphatic heterocycles. The first kappa shape index (κ1) is 15.2. The molecule has 0 saturated carbocycles. The van der Waals surface area contributed by atoms with Crippen LogP contribution in [-0.4, -0.2) is 23.0 Å². The second-order valence-corrected chi connectivity index (χ2v) is 6.97. The van der Waals surface area contributed by atoms with Crippen LogP contribution in [-0.2, 0) is 13.1 Å². The van der Waals surface area contributed by atoms with Crippen LogP contribution >= 0.6 is 11.3 Å². The summed E-state index contributed by atoms with van der Waals surface area (Å²) in [5.74, 6) is 0.889. The molecule has 0 saturated heterocycles. The monoisotopic (exact) mass is 336 g/mol. The van der Waals surface area contributed by atoms with Gasteiger partial charge in [0.05, 0.1) is 11.9 Å². The summed E-state index contributed by atoms with van der Waals surface area (Å²) in [4.78, 5) is 8.43. The molecule has 0 amide bonds. The summed E-state index contributed by atoms with van der Waals surface area (Å²) < 4.78 is 0. The molecular weight excluding hydrogens is 316 g/mol. The minimum Gasteiger partial charge on any atom is -0.382 e. The zero-order valence-electron chi connectivity index (χ0n) is 13.4. The van der Waals surface area contributed by atoms with Crippen LogP contribution in [0, 0.1) is 0 Å². The summed E-state index contributed by atoms with van der Waals surface area (Å²) in [7, 11) is 0. The highest BCUT2D eigenvalue weighted by Gasteiger charge is 2.15. The van der Waals surface area contributed by atoms with Crippen LogP contribution < -0.4 is 10.6 Å². The predicted octanol–water partition coefficient (Wildman–Crippen LogP) is 4.31. The maximum atomic E-state index is 4.54. The van der Waals surface area contributed by atoms with Crippen molar-refractivity contribution in [3.63, 3.8) is 0 Å². The fraction of sp³-hybridized carbons (Fsp3) is 0.211. The molecule has 3 aromatic rings. The molecule has 2 aromatic heterocycles. The number of rotatable bonds is 4. The normalized spacial score (nSPS) is 14.5. The summed E-state index contributed by atoms with van der Waals surface area (Å²) in [6.45, 7) is 3.92. The van der Waals surface area contributed by atoms with E-state index in [1.807, 2.05) is 35.7 Å². The first-order valence-corrected chi connectivity index (χ1v) is 9.04. The zero-order valence-corrected chi connectivity index (χ0v) is 14.2. The Morgan fingerprint density at radius 3 is 2.92 bits per heavy atom. The van der Waals surface area contributed by atoms with Crippen molar-refractivity contribution in [2.24, 2.45) is 0 Å². The molecule has 0 atom stereocenters. The maximum Gasteiger partial charge on any atom is 0.130 e. The summed E-state index contributed by atoms with van der Waals surface area (Å²) >= 11 is 1.82. The molecule has 2 N–H and O–H groups in total. The molecule has 5 heteroatoms. The third kappa shape index (κ3) is 3.58. The van der Waals surface area contributed by atoms with E-state index >= 15 is 0 Å². The van der Waals surface area contributed by atoms with Crippen molar-refractivity contribution in [1.82, 2.24) is 9.88 Å². The van der Waals surface area contributed by atoms with Crippen LogP contribution in [0.4, 0.5) is 17.2 Å². The summed E-state index contributed by atoms with van der Waals surface area (Å²) in [6, 6.07) is 16.6. The van der Waals surface area contributed by atoms with Gasteiger partial charge in [-0.1, -0.05) is 24.3 Å². The number of nitrogens with zero attached hydrogens (tertiary/aromatic N) is 2. The van der Waals surface area contributed by atoms with Gasteiger partial charge in [0.25, 0.3) is 0 Å². The van der Waals surface area contributed by atoms with Gasteiger partial charge in [-0.15, -0.1) is 11.3 Å². The molecule has 0 bridgehead atoms. The first-order valence-electron chi connectivity index (χ1n) is 8.16. The minimum absolute atomic E-state index is 0.889. The Labute approximate surface area is 146 Å². The van der Waals surface area contributed by atoms with Crippen LogP contribution in [0.25, 0.3) is 0 Å². The van der Waals surface area contributed by atoms with Gasteiger partial charge in [0.2, 0.25) is 0 Å². The Hall–Kier alpha value is -2.37. The van der Waals surface area contributed by atoms with E-state index in [2.05, 4.69) is 56.2 Å². The molecule has 4 rings (SSSR count). The number of anilines is 3. The lowest BCUT2D eigenvalue weighted by Crippen LogP contribution is -2.25. The Bertz CT molecular complexity index is 786. The molecule has 0 fully saturated rings. The molecule has 1 aliphatic rings. The van der Waals surface area contributed by atoms with Crippen molar-refractivity contribution in [2.75, 3.05) is 23.7 Å². The van der Waals surface area contributed by atoms with Crippen molar-refractivity contribution in [3.8, 4) is 0 Å². The number of thiophene rings is 1. The highest BCUT2D eigenvalue weighted by Crippen LogP contribution is 2.25. The summed E-state index contributed by atoms with van der Waals surface area (Å²) in [5, 5.41) is 9.02. The largest absolute Gasteiger partial charge is 0.382 e. The van der Waals surface area contributed by atoms with Crippen LogP contribution in [0.1, 0.15) is 10.4 Å². The number of pyridine rings is 1. The Kier molecular flexibility index (Phi) is 4.44. The Balaban J connectivity index is 1.52. The van der Waals surface area contributed by atoms with Crippen molar-refractivity contribution >= 4 is 28.5 Å². The first-order chi connectivity index (χ1) is 11.9. The van der Waals surface area contributed by atoms with E-state index in [0.717, 1.165) is 43.4 Å². The Morgan fingerprint density at radius 1 is 1.17 bits per heavy atom. The standard InChI is InChI=1S/C19H20N4S/c1-2-5-16(6-3-1)22-19-11-15-13-23(14-17-7-4-10-24-17)9-8-20-18(15)12-21-19/h1-7,10-12,20H,8-9,13-14H2,(H,21,22). The lowest BCUT2D eigenvalue weighted by molar-refractivity contribution is 0.274. The van der Waals surface area contributed by atoms with Gasteiger partial charge in [0.15, 0.2) is 0 Å². The number of fused-ring (bicyclic) bond motifs is 1. The van der Waals surface area contributed by atoms with Crippen LogP contribution in [0.15, 0.2) is 60.1 Å². The maximum absolute atomic E-state index is 4.54. The highest BCUT2D eigenvalue weighted by molar-refractivity contribution is 7.09. The topological polar surface area (TPSA) is 40.2 Å². The van der Waals surface area contributed by atoms with Gasteiger partial charge in [-0.2, -0.15) is 0 Å². The summed E-state index contributed by atoms with van der Waals surface area (Å²) in [6.07, 6.45) is 1.94. The van der Waals surface area contributed by atoms with Gasteiger partial charge in [0.1, 0.15) is 5.82 Å². The molecule has 0 unspecified atom stereocenters. The van der Waals surface area contributed by atoms with E-state index < -0.39 is 0 Å². The third-order valence-corrected chi connectivity index (χ3v) is 4.99. The quantitative estimate of drug-likeness (QED) is 0.745. The molecule has 0 spiro atoms. The molecule has 4 nitrogen and oxygen atoms in total. The number of hydrogen-bond acceptors (Lipinski definition) is 5. The van der Waals surface area contributed by atoms with Crippen LogP contribution in [0.2, 0.25) is 0 Å². The van der Waals surface area contributed by atoms with E-state index in [-0.39, 0.29) is 0 Å². The van der Waals surface area contributed by atoms with Gasteiger partial charge in [0, 0.05) is 36.7 Å². The third-order valence-electron chi connectivity index (χ3n) is 4.13. The fourth-order valence-corrected chi connectivity index (χ4v) is 3.70. The molecule has 24 heavy (non-hydrogen) atoms. The number of hydrogen-bond donors (Lipinski definition) is 2. The number of benzene rings is 1.